The third kappa shape index (κ3) is 2.78. The number of hydrogen-bond acceptors (Lipinski definition) is 5. The fourth-order valence-corrected chi connectivity index (χ4v) is 3.42. The molecule has 1 saturated heterocycles. The van der Waals surface area contributed by atoms with Gasteiger partial charge < -0.3 is 15.1 Å². The van der Waals surface area contributed by atoms with Gasteiger partial charge in [0.1, 0.15) is 5.52 Å². The minimum absolute atomic E-state index is 0.0208. The zero-order chi connectivity index (χ0) is 14.2. The Bertz CT molecular complexity index is 675. The molecule has 5 nitrogen and oxygen atoms in total. The summed E-state index contributed by atoms with van der Waals surface area (Å²) >= 11 is 1.81. The summed E-state index contributed by atoms with van der Waals surface area (Å²) in [6.07, 6.45) is 2.34. The number of nitrogens with zero attached hydrogens (tertiary/aromatic N) is 1. The van der Waals surface area contributed by atoms with Crippen LogP contribution >= 0.6 is 11.8 Å². The van der Waals surface area contributed by atoms with E-state index < -0.39 is 0 Å². The molecule has 6 heteroatoms. The first-order valence-electron chi connectivity index (χ1n) is 7.32. The minimum Gasteiger partial charge on any atom is -0.440 e. The molecule has 1 aromatic heterocycles. The SMILES string of the molecule is O=C(Nc1ccc2oc(C3CC3)nc2c1)C1CSCCN1. The molecule has 1 aliphatic carbocycles. The number of anilines is 1. The van der Waals surface area contributed by atoms with Gasteiger partial charge in [0.05, 0.1) is 6.04 Å². The van der Waals surface area contributed by atoms with Gasteiger partial charge in [-0.3, -0.25) is 4.79 Å². The number of rotatable bonds is 3. The number of aromatic nitrogens is 1. The molecule has 1 unspecified atom stereocenters. The number of fused-ring (bicyclic) bond motifs is 1. The van der Waals surface area contributed by atoms with Gasteiger partial charge in [-0.2, -0.15) is 11.8 Å². The van der Waals surface area contributed by atoms with Crippen molar-refractivity contribution in [3.63, 3.8) is 0 Å². The smallest absolute Gasteiger partial charge is 0.242 e. The number of thioether (sulfide) groups is 1. The maximum absolute atomic E-state index is 12.2. The molecule has 2 N–H and O–H groups in total. The molecule has 110 valence electrons. The summed E-state index contributed by atoms with van der Waals surface area (Å²) in [7, 11) is 0. The van der Waals surface area contributed by atoms with Crippen LogP contribution in [0, 0.1) is 0 Å². The average Bonchev–Trinajstić information content (AvgIpc) is 3.28. The first-order valence-corrected chi connectivity index (χ1v) is 8.47. The van der Waals surface area contributed by atoms with Crippen molar-refractivity contribution >= 4 is 34.5 Å². The van der Waals surface area contributed by atoms with Crippen molar-refractivity contribution in [2.75, 3.05) is 23.4 Å². The molecule has 2 fully saturated rings. The summed E-state index contributed by atoms with van der Waals surface area (Å²) in [5.74, 6) is 3.24. The van der Waals surface area contributed by atoms with Gasteiger partial charge in [-0.1, -0.05) is 0 Å². The van der Waals surface area contributed by atoms with Crippen LogP contribution in [0.25, 0.3) is 11.1 Å². The molecule has 1 aromatic carbocycles. The summed E-state index contributed by atoms with van der Waals surface area (Å²) in [5.41, 5.74) is 2.39. The van der Waals surface area contributed by atoms with Crippen LogP contribution < -0.4 is 10.6 Å². The van der Waals surface area contributed by atoms with Crippen molar-refractivity contribution in [2.45, 2.75) is 24.8 Å². The molecular weight excluding hydrogens is 286 g/mol. The van der Waals surface area contributed by atoms with Gasteiger partial charge in [-0.05, 0) is 31.0 Å². The Morgan fingerprint density at radius 2 is 2.33 bits per heavy atom. The standard InChI is InChI=1S/C15H17N3O2S/c19-14(12-8-21-6-5-16-12)17-10-3-4-13-11(7-10)18-15(20-13)9-1-2-9/h3-4,7,9,12,16H,1-2,5-6,8H2,(H,17,19). The second-order valence-electron chi connectivity index (χ2n) is 5.58. The number of carbonyl (C=O) groups is 1. The molecule has 1 amide bonds. The summed E-state index contributed by atoms with van der Waals surface area (Å²) < 4.78 is 5.73. The molecular formula is C15H17N3O2S. The quantitative estimate of drug-likeness (QED) is 0.911. The lowest BCUT2D eigenvalue weighted by Gasteiger charge is -2.22. The zero-order valence-corrected chi connectivity index (χ0v) is 12.4. The second kappa shape index (κ2) is 5.35. The third-order valence-corrected chi connectivity index (χ3v) is 4.90. The monoisotopic (exact) mass is 303 g/mol. The Labute approximate surface area is 126 Å². The first kappa shape index (κ1) is 13.2. The van der Waals surface area contributed by atoms with Gasteiger partial charge in [0.15, 0.2) is 11.5 Å². The van der Waals surface area contributed by atoms with E-state index in [4.69, 9.17) is 4.42 Å². The van der Waals surface area contributed by atoms with E-state index in [0.29, 0.717) is 5.92 Å². The Balaban J connectivity index is 1.51. The molecule has 2 aliphatic rings. The number of benzene rings is 1. The molecule has 0 bridgehead atoms. The van der Waals surface area contributed by atoms with Gasteiger partial charge in [0, 0.05) is 29.7 Å². The summed E-state index contributed by atoms with van der Waals surface area (Å²) in [6, 6.07) is 5.53. The van der Waals surface area contributed by atoms with Crippen LogP contribution in [0.1, 0.15) is 24.7 Å². The van der Waals surface area contributed by atoms with Crippen molar-refractivity contribution in [2.24, 2.45) is 0 Å². The summed E-state index contributed by atoms with van der Waals surface area (Å²) in [4.78, 5) is 16.7. The summed E-state index contributed by atoms with van der Waals surface area (Å²) in [5, 5.41) is 6.20. The van der Waals surface area contributed by atoms with Gasteiger partial charge >= 0.3 is 0 Å². The molecule has 0 radical (unpaired) electrons. The summed E-state index contributed by atoms with van der Waals surface area (Å²) in [6.45, 7) is 0.885. The van der Waals surface area contributed by atoms with Crippen LogP contribution in [0.4, 0.5) is 5.69 Å². The number of carbonyl (C=O) groups excluding carboxylic acids is 1. The Morgan fingerprint density at radius 3 is 3.10 bits per heavy atom. The lowest BCUT2D eigenvalue weighted by atomic mass is 10.2. The number of nitrogens with one attached hydrogen (secondary N) is 2. The zero-order valence-electron chi connectivity index (χ0n) is 11.6. The number of hydrogen-bond donors (Lipinski definition) is 2. The molecule has 2 aromatic rings. The lowest BCUT2D eigenvalue weighted by molar-refractivity contribution is -0.117. The fourth-order valence-electron chi connectivity index (χ4n) is 2.49. The van der Waals surface area contributed by atoms with E-state index in [1.165, 1.54) is 12.8 Å². The van der Waals surface area contributed by atoms with Crippen molar-refractivity contribution in [1.82, 2.24) is 10.3 Å². The molecule has 2 heterocycles. The van der Waals surface area contributed by atoms with Gasteiger partial charge in [0.2, 0.25) is 5.91 Å². The van der Waals surface area contributed by atoms with Crippen molar-refractivity contribution in [1.29, 1.82) is 0 Å². The second-order valence-corrected chi connectivity index (χ2v) is 6.73. The van der Waals surface area contributed by atoms with Gasteiger partial charge in [-0.15, -0.1) is 0 Å². The Hall–Kier alpha value is -1.53. The first-order chi connectivity index (χ1) is 10.3. The highest BCUT2D eigenvalue weighted by Gasteiger charge is 2.29. The van der Waals surface area contributed by atoms with Crippen LogP contribution in [0.2, 0.25) is 0 Å². The average molecular weight is 303 g/mol. The Kier molecular flexibility index (Phi) is 3.35. The van der Waals surface area contributed by atoms with Crippen molar-refractivity contribution in [3.8, 4) is 0 Å². The highest BCUT2D eigenvalue weighted by molar-refractivity contribution is 7.99. The highest BCUT2D eigenvalue weighted by Crippen LogP contribution is 2.40. The normalized spacial score (nSPS) is 22.4. The van der Waals surface area contributed by atoms with E-state index in [-0.39, 0.29) is 11.9 Å². The van der Waals surface area contributed by atoms with E-state index in [1.807, 2.05) is 30.0 Å². The molecule has 21 heavy (non-hydrogen) atoms. The minimum atomic E-state index is -0.112. The predicted molar refractivity (Wildman–Crippen MR) is 83.7 cm³/mol. The third-order valence-electron chi connectivity index (χ3n) is 3.84. The Morgan fingerprint density at radius 1 is 1.43 bits per heavy atom. The molecule has 1 saturated carbocycles. The van der Waals surface area contributed by atoms with Crippen LogP contribution in [0.5, 0.6) is 0 Å². The van der Waals surface area contributed by atoms with Gasteiger partial charge in [-0.25, -0.2) is 4.98 Å². The van der Waals surface area contributed by atoms with E-state index in [1.54, 1.807) is 0 Å². The topological polar surface area (TPSA) is 67.2 Å². The number of amides is 1. The van der Waals surface area contributed by atoms with Crippen molar-refractivity contribution < 1.29 is 9.21 Å². The molecule has 0 spiro atoms. The van der Waals surface area contributed by atoms with Crippen LogP contribution in [-0.4, -0.2) is 35.0 Å². The van der Waals surface area contributed by atoms with E-state index in [9.17, 15) is 4.79 Å². The maximum Gasteiger partial charge on any atom is 0.242 e. The molecule has 1 atom stereocenters. The number of oxazole rings is 1. The van der Waals surface area contributed by atoms with E-state index in [2.05, 4.69) is 15.6 Å². The largest absolute Gasteiger partial charge is 0.440 e. The van der Waals surface area contributed by atoms with Crippen LogP contribution in [0.15, 0.2) is 22.6 Å². The lowest BCUT2D eigenvalue weighted by Crippen LogP contribution is -2.46. The maximum atomic E-state index is 12.2. The fraction of sp³-hybridized carbons (Fsp3) is 0.467. The highest BCUT2D eigenvalue weighted by atomic mass is 32.2. The van der Waals surface area contributed by atoms with Crippen LogP contribution in [0.3, 0.4) is 0 Å². The van der Waals surface area contributed by atoms with Crippen molar-refractivity contribution in [3.05, 3.63) is 24.1 Å². The van der Waals surface area contributed by atoms with Gasteiger partial charge in [0.25, 0.3) is 0 Å². The van der Waals surface area contributed by atoms with E-state index >= 15 is 0 Å². The molecule has 1 aliphatic heterocycles. The van der Waals surface area contributed by atoms with E-state index in [0.717, 1.165) is 40.7 Å². The predicted octanol–water partition coefficient (Wildman–Crippen LogP) is 2.35. The van der Waals surface area contributed by atoms with Crippen LogP contribution in [-0.2, 0) is 4.79 Å². The molecule has 4 rings (SSSR count).